The van der Waals surface area contributed by atoms with E-state index >= 15 is 0 Å². The molecule has 0 aliphatic heterocycles. The molecule has 0 atom stereocenters. The fraction of sp³-hybridized carbons (Fsp3) is 0.133. The van der Waals surface area contributed by atoms with Gasteiger partial charge in [-0.3, -0.25) is 0 Å². The molecule has 0 aliphatic rings. The third-order valence-electron chi connectivity index (χ3n) is 3.05. The van der Waals surface area contributed by atoms with Gasteiger partial charge in [-0.05, 0) is 13.0 Å². The number of benzene rings is 1. The predicted octanol–water partition coefficient (Wildman–Crippen LogP) is 2.59. The third-order valence-corrected chi connectivity index (χ3v) is 3.05. The first kappa shape index (κ1) is 13.1. The highest BCUT2D eigenvalue weighted by Crippen LogP contribution is 2.19. The summed E-state index contributed by atoms with van der Waals surface area (Å²) in [5.74, 6) is -0.460. The van der Waals surface area contributed by atoms with Crippen molar-refractivity contribution in [2.45, 2.75) is 13.5 Å². The zero-order valence-corrected chi connectivity index (χ0v) is 11.4. The van der Waals surface area contributed by atoms with E-state index in [2.05, 4.69) is 10.3 Å². The average molecular weight is 283 g/mol. The minimum atomic E-state index is -1.03. The summed E-state index contributed by atoms with van der Waals surface area (Å²) >= 11 is 0. The SMILES string of the molecule is Cc1cc(Cn2nc(-c3ccccc3)cc2C(=O)O)on1. The fourth-order valence-electron chi connectivity index (χ4n) is 2.10. The van der Waals surface area contributed by atoms with Gasteiger partial charge in [-0.25, -0.2) is 9.48 Å². The first-order valence-electron chi connectivity index (χ1n) is 6.42. The van der Waals surface area contributed by atoms with Gasteiger partial charge in [0.2, 0.25) is 0 Å². The molecule has 6 nitrogen and oxygen atoms in total. The maximum Gasteiger partial charge on any atom is 0.354 e. The fourth-order valence-corrected chi connectivity index (χ4v) is 2.10. The highest BCUT2D eigenvalue weighted by molar-refractivity contribution is 5.87. The van der Waals surface area contributed by atoms with E-state index in [9.17, 15) is 9.90 Å². The van der Waals surface area contributed by atoms with Crippen LogP contribution in [0.4, 0.5) is 0 Å². The number of aryl methyl sites for hydroxylation is 1. The van der Waals surface area contributed by atoms with Gasteiger partial charge in [-0.1, -0.05) is 35.5 Å². The lowest BCUT2D eigenvalue weighted by Crippen LogP contribution is -2.10. The maximum absolute atomic E-state index is 11.4. The second-order valence-corrected chi connectivity index (χ2v) is 4.68. The third kappa shape index (κ3) is 2.69. The summed E-state index contributed by atoms with van der Waals surface area (Å²) < 4.78 is 6.52. The van der Waals surface area contributed by atoms with E-state index in [1.165, 1.54) is 4.68 Å². The lowest BCUT2D eigenvalue weighted by Gasteiger charge is -2.00. The summed E-state index contributed by atoms with van der Waals surface area (Å²) in [6.07, 6.45) is 0. The average Bonchev–Trinajstić information content (AvgIpc) is 3.07. The summed E-state index contributed by atoms with van der Waals surface area (Å²) in [6.45, 7) is 2.04. The number of rotatable bonds is 4. The number of carboxylic acids is 1. The standard InChI is InChI=1S/C15H13N3O3/c1-10-7-12(21-17-10)9-18-14(15(19)20)8-13(16-18)11-5-3-2-4-6-11/h2-8H,9H2,1H3,(H,19,20). The second kappa shape index (κ2) is 5.24. The van der Waals surface area contributed by atoms with E-state index in [1.54, 1.807) is 12.1 Å². The number of hydrogen-bond acceptors (Lipinski definition) is 4. The van der Waals surface area contributed by atoms with Crippen molar-refractivity contribution in [1.29, 1.82) is 0 Å². The van der Waals surface area contributed by atoms with Crippen LogP contribution in [-0.4, -0.2) is 26.0 Å². The van der Waals surface area contributed by atoms with Gasteiger partial charge in [0.15, 0.2) is 5.76 Å². The Bertz CT molecular complexity index is 775. The van der Waals surface area contributed by atoms with Crippen molar-refractivity contribution < 1.29 is 14.4 Å². The molecule has 1 aromatic carbocycles. The normalized spacial score (nSPS) is 10.7. The van der Waals surface area contributed by atoms with Gasteiger partial charge in [-0.15, -0.1) is 0 Å². The Hall–Kier alpha value is -2.89. The van der Waals surface area contributed by atoms with E-state index in [0.717, 1.165) is 11.3 Å². The Morgan fingerprint density at radius 2 is 2.05 bits per heavy atom. The van der Waals surface area contributed by atoms with Crippen molar-refractivity contribution in [3.8, 4) is 11.3 Å². The van der Waals surface area contributed by atoms with Crippen LogP contribution in [0, 0.1) is 6.92 Å². The van der Waals surface area contributed by atoms with Crippen molar-refractivity contribution in [1.82, 2.24) is 14.9 Å². The van der Waals surface area contributed by atoms with Gasteiger partial charge >= 0.3 is 5.97 Å². The van der Waals surface area contributed by atoms with E-state index in [-0.39, 0.29) is 12.2 Å². The topological polar surface area (TPSA) is 81.2 Å². The molecule has 0 amide bonds. The Morgan fingerprint density at radius 1 is 1.29 bits per heavy atom. The van der Waals surface area contributed by atoms with Crippen LogP contribution in [0.1, 0.15) is 21.9 Å². The second-order valence-electron chi connectivity index (χ2n) is 4.68. The molecule has 21 heavy (non-hydrogen) atoms. The highest BCUT2D eigenvalue weighted by atomic mass is 16.5. The Balaban J connectivity index is 1.99. The minimum Gasteiger partial charge on any atom is -0.477 e. The maximum atomic E-state index is 11.4. The van der Waals surface area contributed by atoms with Crippen LogP contribution >= 0.6 is 0 Å². The van der Waals surface area contributed by atoms with Gasteiger partial charge in [0.1, 0.15) is 12.2 Å². The first-order chi connectivity index (χ1) is 10.1. The van der Waals surface area contributed by atoms with Gasteiger partial charge in [0.05, 0.1) is 11.4 Å². The number of aromatic nitrogens is 3. The zero-order chi connectivity index (χ0) is 14.8. The molecule has 2 aromatic heterocycles. The minimum absolute atomic E-state index is 0.114. The molecule has 2 heterocycles. The van der Waals surface area contributed by atoms with Gasteiger partial charge in [0.25, 0.3) is 0 Å². The van der Waals surface area contributed by atoms with Crippen molar-refractivity contribution in [3.05, 3.63) is 59.6 Å². The van der Waals surface area contributed by atoms with Gasteiger partial charge in [-0.2, -0.15) is 5.10 Å². The Morgan fingerprint density at radius 3 is 2.67 bits per heavy atom. The molecule has 0 saturated heterocycles. The largest absolute Gasteiger partial charge is 0.477 e. The van der Waals surface area contributed by atoms with Gasteiger partial charge < -0.3 is 9.63 Å². The molecule has 0 fully saturated rings. The van der Waals surface area contributed by atoms with E-state index in [4.69, 9.17) is 4.52 Å². The summed E-state index contributed by atoms with van der Waals surface area (Å²) in [4.78, 5) is 11.4. The van der Waals surface area contributed by atoms with E-state index in [1.807, 2.05) is 37.3 Å². The Kier molecular flexibility index (Phi) is 3.27. The molecule has 0 spiro atoms. The summed E-state index contributed by atoms with van der Waals surface area (Å²) in [5, 5.41) is 17.4. The van der Waals surface area contributed by atoms with Crippen LogP contribution in [0.5, 0.6) is 0 Å². The summed E-state index contributed by atoms with van der Waals surface area (Å²) in [7, 11) is 0. The quantitative estimate of drug-likeness (QED) is 0.796. The monoisotopic (exact) mass is 283 g/mol. The molecule has 0 radical (unpaired) electrons. The molecule has 0 aliphatic carbocycles. The molecular weight excluding hydrogens is 270 g/mol. The van der Waals surface area contributed by atoms with Crippen molar-refractivity contribution in [2.24, 2.45) is 0 Å². The van der Waals surface area contributed by atoms with Gasteiger partial charge in [0, 0.05) is 11.6 Å². The van der Waals surface area contributed by atoms with E-state index < -0.39 is 5.97 Å². The zero-order valence-electron chi connectivity index (χ0n) is 11.4. The summed E-state index contributed by atoms with van der Waals surface area (Å²) in [6, 6.07) is 12.8. The van der Waals surface area contributed by atoms with Crippen LogP contribution in [0.2, 0.25) is 0 Å². The van der Waals surface area contributed by atoms with Crippen LogP contribution < -0.4 is 0 Å². The number of aromatic carboxylic acids is 1. The number of carbonyl (C=O) groups is 1. The molecule has 6 heteroatoms. The molecule has 3 aromatic rings. The van der Waals surface area contributed by atoms with Crippen LogP contribution in [0.25, 0.3) is 11.3 Å². The van der Waals surface area contributed by atoms with Crippen LogP contribution in [-0.2, 0) is 6.54 Å². The molecule has 3 rings (SSSR count). The molecule has 106 valence electrons. The predicted molar refractivity (Wildman–Crippen MR) is 75.0 cm³/mol. The molecule has 0 bridgehead atoms. The van der Waals surface area contributed by atoms with E-state index in [0.29, 0.717) is 11.5 Å². The molecule has 0 unspecified atom stereocenters. The van der Waals surface area contributed by atoms with Crippen LogP contribution in [0.15, 0.2) is 47.0 Å². The lowest BCUT2D eigenvalue weighted by molar-refractivity contribution is 0.0683. The highest BCUT2D eigenvalue weighted by Gasteiger charge is 2.16. The van der Waals surface area contributed by atoms with Crippen molar-refractivity contribution in [2.75, 3.05) is 0 Å². The molecule has 1 N–H and O–H groups in total. The van der Waals surface area contributed by atoms with Crippen molar-refractivity contribution >= 4 is 5.97 Å². The number of carboxylic acid groups (broad SMARTS) is 1. The Labute approximate surface area is 120 Å². The molecule has 0 saturated carbocycles. The summed E-state index contributed by atoms with van der Waals surface area (Å²) in [5.41, 5.74) is 2.34. The smallest absolute Gasteiger partial charge is 0.354 e. The number of hydrogen-bond donors (Lipinski definition) is 1. The lowest BCUT2D eigenvalue weighted by atomic mass is 10.1. The van der Waals surface area contributed by atoms with Crippen LogP contribution in [0.3, 0.4) is 0 Å². The first-order valence-corrected chi connectivity index (χ1v) is 6.42. The number of nitrogens with zero attached hydrogens (tertiary/aromatic N) is 3. The molecular formula is C15H13N3O3. The van der Waals surface area contributed by atoms with Crippen molar-refractivity contribution in [3.63, 3.8) is 0 Å².